The van der Waals surface area contributed by atoms with Gasteiger partial charge in [0.05, 0.1) is 6.61 Å². The minimum atomic E-state index is -0.272. The molecular weight excluding hydrogens is 176 g/mol. The van der Waals surface area contributed by atoms with E-state index in [2.05, 4.69) is 13.0 Å². The molecule has 14 heavy (non-hydrogen) atoms. The summed E-state index contributed by atoms with van der Waals surface area (Å²) in [7, 11) is 0. The highest BCUT2D eigenvalue weighted by Crippen LogP contribution is 1.99. The Morgan fingerprint density at radius 3 is 2.64 bits per heavy atom. The Labute approximate surface area is 86.6 Å². The lowest BCUT2D eigenvalue weighted by molar-refractivity contribution is -0.137. The average Bonchev–Trinajstić information content (AvgIpc) is 2.17. The third-order valence-corrected chi connectivity index (χ3v) is 1.74. The number of unbranched alkanes of at least 4 members (excludes halogenated alkanes) is 3. The second kappa shape index (κ2) is 10.0. The summed E-state index contributed by atoms with van der Waals surface area (Å²) in [6, 6.07) is 0. The first-order valence-electron chi connectivity index (χ1n) is 5.31. The van der Waals surface area contributed by atoms with E-state index >= 15 is 0 Å². The van der Waals surface area contributed by atoms with Gasteiger partial charge in [-0.1, -0.05) is 38.0 Å². The number of carbonyl (C=O) groups is 1. The van der Waals surface area contributed by atoms with E-state index in [1.807, 2.05) is 6.08 Å². The predicted molar refractivity (Wildman–Crippen MR) is 59.1 cm³/mol. The van der Waals surface area contributed by atoms with Crippen LogP contribution in [0.5, 0.6) is 0 Å². The fourth-order valence-corrected chi connectivity index (χ4v) is 1.01. The van der Waals surface area contributed by atoms with Crippen molar-refractivity contribution in [2.75, 3.05) is 6.61 Å². The van der Waals surface area contributed by atoms with Gasteiger partial charge in [0.1, 0.15) is 0 Å². The predicted octanol–water partition coefficient (Wildman–Crippen LogP) is 3.24. The molecular formula is C12H20O2. The van der Waals surface area contributed by atoms with Crippen molar-refractivity contribution in [1.29, 1.82) is 0 Å². The van der Waals surface area contributed by atoms with Crippen molar-refractivity contribution in [1.82, 2.24) is 0 Å². The highest BCUT2D eigenvalue weighted by molar-refractivity contribution is 5.82. The molecule has 0 N–H and O–H groups in total. The third-order valence-electron chi connectivity index (χ3n) is 1.74. The summed E-state index contributed by atoms with van der Waals surface area (Å²) >= 11 is 0. The quantitative estimate of drug-likeness (QED) is 0.270. The van der Waals surface area contributed by atoms with E-state index in [0.29, 0.717) is 6.61 Å². The first-order chi connectivity index (χ1) is 6.81. The van der Waals surface area contributed by atoms with Crippen LogP contribution < -0.4 is 0 Å². The number of allylic oxidation sites excluding steroid dienone is 3. The molecule has 0 radical (unpaired) electrons. The summed E-state index contributed by atoms with van der Waals surface area (Å²) in [5.74, 6) is -0.272. The molecule has 0 unspecified atom stereocenters. The van der Waals surface area contributed by atoms with Crippen LogP contribution in [-0.4, -0.2) is 12.6 Å². The Kier molecular flexibility index (Phi) is 9.28. The molecule has 0 fully saturated rings. The highest BCUT2D eigenvalue weighted by Gasteiger charge is 1.89. The van der Waals surface area contributed by atoms with Crippen LogP contribution in [0.15, 0.2) is 24.3 Å². The van der Waals surface area contributed by atoms with Gasteiger partial charge in [0.2, 0.25) is 0 Å². The maximum atomic E-state index is 10.8. The van der Waals surface area contributed by atoms with Crippen molar-refractivity contribution in [3.05, 3.63) is 24.3 Å². The Hall–Kier alpha value is -1.05. The van der Waals surface area contributed by atoms with Crippen LogP contribution in [0.4, 0.5) is 0 Å². The Morgan fingerprint density at radius 1 is 1.21 bits per heavy atom. The van der Waals surface area contributed by atoms with E-state index in [4.69, 9.17) is 4.74 Å². The summed E-state index contributed by atoms with van der Waals surface area (Å²) in [4.78, 5) is 10.8. The standard InChI is InChI=1S/C12H20O2/c1-3-5-6-7-8-9-10-11-12(13)14-4-2/h8-11H,3-7H2,1-2H3/b9-8+,11-10+. The lowest BCUT2D eigenvalue weighted by Crippen LogP contribution is -1.98. The number of hydrogen-bond donors (Lipinski definition) is 0. The molecule has 0 spiro atoms. The molecule has 0 amide bonds. The van der Waals surface area contributed by atoms with Crippen molar-refractivity contribution in [2.45, 2.75) is 39.5 Å². The van der Waals surface area contributed by atoms with Gasteiger partial charge in [-0.15, -0.1) is 0 Å². The van der Waals surface area contributed by atoms with Gasteiger partial charge in [0.15, 0.2) is 0 Å². The zero-order valence-electron chi connectivity index (χ0n) is 9.16. The van der Waals surface area contributed by atoms with E-state index in [-0.39, 0.29) is 5.97 Å². The zero-order chi connectivity index (χ0) is 10.6. The Balaban J connectivity index is 3.45. The van der Waals surface area contributed by atoms with Crippen LogP contribution in [-0.2, 0) is 9.53 Å². The first kappa shape index (κ1) is 12.9. The molecule has 0 heterocycles. The van der Waals surface area contributed by atoms with E-state index in [0.717, 1.165) is 6.42 Å². The largest absolute Gasteiger partial charge is 0.463 e. The molecule has 0 aliphatic carbocycles. The number of carbonyl (C=O) groups excluding carboxylic acids is 1. The average molecular weight is 196 g/mol. The molecule has 0 atom stereocenters. The molecule has 2 heteroatoms. The summed E-state index contributed by atoms with van der Waals surface area (Å²) in [6.45, 7) is 4.42. The third kappa shape index (κ3) is 9.04. The van der Waals surface area contributed by atoms with Crippen molar-refractivity contribution < 1.29 is 9.53 Å². The molecule has 0 bridgehead atoms. The summed E-state index contributed by atoms with van der Waals surface area (Å²) in [5.41, 5.74) is 0. The topological polar surface area (TPSA) is 26.3 Å². The van der Waals surface area contributed by atoms with Crippen molar-refractivity contribution in [3.63, 3.8) is 0 Å². The van der Waals surface area contributed by atoms with Gasteiger partial charge in [-0.3, -0.25) is 0 Å². The van der Waals surface area contributed by atoms with Crippen molar-refractivity contribution in [3.8, 4) is 0 Å². The molecule has 0 aromatic heterocycles. The van der Waals surface area contributed by atoms with Crippen LogP contribution in [0.1, 0.15) is 39.5 Å². The lowest BCUT2D eigenvalue weighted by atomic mass is 10.2. The molecule has 0 aliphatic rings. The van der Waals surface area contributed by atoms with Gasteiger partial charge in [0.25, 0.3) is 0 Å². The van der Waals surface area contributed by atoms with Crippen LogP contribution in [0, 0.1) is 0 Å². The van der Waals surface area contributed by atoms with Gasteiger partial charge < -0.3 is 4.74 Å². The highest BCUT2D eigenvalue weighted by atomic mass is 16.5. The second-order valence-corrected chi connectivity index (χ2v) is 3.04. The van der Waals surface area contributed by atoms with E-state index in [9.17, 15) is 4.79 Å². The summed E-state index contributed by atoms with van der Waals surface area (Å²) in [5, 5.41) is 0. The fraction of sp³-hybridized carbons (Fsp3) is 0.583. The van der Waals surface area contributed by atoms with Gasteiger partial charge in [-0.2, -0.15) is 0 Å². The molecule has 0 aliphatic heterocycles. The normalized spacial score (nSPS) is 11.3. The molecule has 0 saturated carbocycles. The molecule has 0 aromatic rings. The lowest BCUT2D eigenvalue weighted by Gasteiger charge is -1.92. The van der Waals surface area contributed by atoms with Gasteiger partial charge >= 0.3 is 5.97 Å². The Bertz CT molecular complexity index is 192. The summed E-state index contributed by atoms with van der Waals surface area (Å²) in [6.07, 6.45) is 12.0. The minimum Gasteiger partial charge on any atom is -0.463 e. The van der Waals surface area contributed by atoms with Crippen LogP contribution in [0.2, 0.25) is 0 Å². The zero-order valence-corrected chi connectivity index (χ0v) is 9.16. The van der Waals surface area contributed by atoms with Crippen molar-refractivity contribution >= 4 is 5.97 Å². The van der Waals surface area contributed by atoms with Gasteiger partial charge in [-0.05, 0) is 19.8 Å². The maximum absolute atomic E-state index is 10.8. The van der Waals surface area contributed by atoms with Crippen LogP contribution in [0.25, 0.3) is 0 Å². The first-order valence-corrected chi connectivity index (χ1v) is 5.31. The van der Waals surface area contributed by atoms with Crippen LogP contribution in [0.3, 0.4) is 0 Å². The molecule has 0 aromatic carbocycles. The van der Waals surface area contributed by atoms with E-state index in [1.165, 1.54) is 25.3 Å². The fourth-order valence-electron chi connectivity index (χ4n) is 1.01. The monoisotopic (exact) mass is 196 g/mol. The maximum Gasteiger partial charge on any atom is 0.330 e. The minimum absolute atomic E-state index is 0.272. The van der Waals surface area contributed by atoms with E-state index < -0.39 is 0 Å². The second-order valence-electron chi connectivity index (χ2n) is 3.04. The van der Waals surface area contributed by atoms with Gasteiger partial charge in [0, 0.05) is 6.08 Å². The van der Waals surface area contributed by atoms with E-state index in [1.54, 1.807) is 13.0 Å². The molecule has 0 rings (SSSR count). The van der Waals surface area contributed by atoms with Crippen LogP contribution >= 0.6 is 0 Å². The molecule has 0 saturated heterocycles. The number of rotatable bonds is 7. The van der Waals surface area contributed by atoms with Crippen molar-refractivity contribution in [2.24, 2.45) is 0 Å². The summed E-state index contributed by atoms with van der Waals surface area (Å²) < 4.78 is 4.73. The van der Waals surface area contributed by atoms with Gasteiger partial charge in [-0.25, -0.2) is 4.79 Å². The smallest absolute Gasteiger partial charge is 0.330 e. The number of ether oxygens (including phenoxy) is 1. The molecule has 2 nitrogen and oxygen atoms in total. The number of esters is 1. The Morgan fingerprint density at radius 2 is 2.00 bits per heavy atom. The SMILES string of the molecule is CCCCC/C=C/C=C/C(=O)OCC. The molecule has 80 valence electrons. The number of hydrogen-bond acceptors (Lipinski definition) is 2.